The normalized spacial score (nSPS) is 26.3. The number of halogens is 1. The summed E-state index contributed by atoms with van der Waals surface area (Å²) in [7, 11) is 1.76. The quantitative estimate of drug-likeness (QED) is 0.780. The van der Waals surface area contributed by atoms with Gasteiger partial charge in [0.05, 0.1) is 11.8 Å². The van der Waals surface area contributed by atoms with Crippen LogP contribution in [-0.2, 0) is 0 Å². The molecule has 0 aliphatic heterocycles. The first-order valence-corrected chi connectivity index (χ1v) is 7.60. The molecule has 0 saturated heterocycles. The van der Waals surface area contributed by atoms with E-state index >= 15 is 0 Å². The molecule has 1 saturated carbocycles. The van der Waals surface area contributed by atoms with Crippen LogP contribution in [0.4, 0.5) is 11.8 Å². The molecule has 3 N–H and O–H groups in total. The predicted octanol–water partition coefficient (Wildman–Crippen LogP) is 2.91. The topological polar surface area (TPSA) is 70.1 Å². The van der Waals surface area contributed by atoms with Crippen molar-refractivity contribution in [2.75, 3.05) is 24.2 Å². The molecule has 0 bridgehead atoms. The van der Waals surface area contributed by atoms with Crippen molar-refractivity contribution in [2.45, 2.75) is 44.6 Å². The molecule has 6 heteroatoms. The molecule has 0 atom stereocenters. The van der Waals surface area contributed by atoms with E-state index in [1.165, 1.54) is 6.42 Å². The van der Waals surface area contributed by atoms with E-state index in [1.807, 2.05) is 0 Å². The summed E-state index contributed by atoms with van der Waals surface area (Å²) in [6.07, 6.45) is 6.61. The van der Waals surface area contributed by atoms with Crippen molar-refractivity contribution in [3.8, 4) is 0 Å². The molecule has 1 heterocycles. The lowest BCUT2D eigenvalue weighted by Crippen LogP contribution is -2.40. The third kappa shape index (κ3) is 3.73. The SMILES string of the molecule is CCC1CCC(O)(CNc2nc(NC)ncc2Cl)CC1. The molecule has 0 amide bonds. The second-order valence-electron chi connectivity index (χ2n) is 5.57. The van der Waals surface area contributed by atoms with E-state index in [2.05, 4.69) is 27.5 Å². The average molecular weight is 299 g/mol. The highest BCUT2D eigenvalue weighted by Crippen LogP contribution is 2.34. The molecule has 112 valence electrons. The van der Waals surface area contributed by atoms with Gasteiger partial charge in [-0.15, -0.1) is 0 Å². The second kappa shape index (κ2) is 6.59. The lowest BCUT2D eigenvalue weighted by molar-refractivity contribution is 0.00223. The van der Waals surface area contributed by atoms with Crippen LogP contribution in [0.5, 0.6) is 0 Å². The Morgan fingerprint density at radius 3 is 2.75 bits per heavy atom. The number of aliphatic hydroxyl groups is 1. The zero-order valence-electron chi connectivity index (χ0n) is 12.1. The minimum absolute atomic E-state index is 0.467. The molecule has 0 spiro atoms. The van der Waals surface area contributed by atoms with Crippen LogP contribution in [0.1, 0.15) is 39.0 Å². The third-order valence-electron chi connectivity index (χ3n) is 4.17. The first-order valence-electron chi connectivity index (χ1n) is 7.23. The van der Waals surface area contributed by atoms with Gasteiger partial charge >= 0.3 is 0 Å². The van der Waals surface area contributed by atoms with Crippen LogP contribution in [0.2, 0.25) is 5.02 Å². The van der Waals surface area contributed by atoms with Gasteiger partial charge in [-0.3, -0.25) is 0 Å². The van der Waals surface area contributed by atoms with E-state index in [9.17, 15) is 5.11 Å². The van der Waals surface area contributed by atoms with Gasteiger partial charge in [0.25, 0.3) is 0 Å². The second-order valence-corrected chi connectivity index (χ2v) is 5.98. The summed E-state index contributed by atoms with van der Waals surface area (Å²) in [5, 5.41) is 17.1. The Morgan fingerprint density at radius 2 is 2.15 bits per heavy atom. The molecule has 0 unspecified atom stereocenters. The summed E-state index contributed by atoms with van der Waals surface area (Å²) in [5.41, 5.74) is -0.653. The molecule has 0 aromatic carbocycles. The molecule has 1 aromatic heterocycles. The van der Waals surface area contributed by atoms with Crippen molar-refractivity contribution >= 4 is 23.4 Å². The van der Waals surface area contributed by atoms with Crippen LogP contribution >= 0.6 is 11.6 Å². The van der Waals surface area contributed by atoms with E-state index in [1.54, 1.807) is 13.2 Å². The van der Waals surface area contributed by atoms with Crippen LogP contribution in [0.15, 0.2) is 6.20 Å². The molecule has 0 radical (unpaired) electrons. The smallest absolute Gasteiger partial charge is 0.224 e. The first kappa shape index (κ1) is 15.3. The minimum atomic E-state index is -0.653. The van der Waals surface area contributed by atoms with Gasteiger partial charge in [-0.2, -0.15) is 4.98 Å². The molecule has 5 nitrogen and oxygen atoms in total. The summed E-state index contributed by atoms with van der Waals surface area (Å²) in [5.74, 6) is 1.84. The van der Waals surface area contributed by atoms with Crippen molar-refractivity contribution in [2.24, 2.45) is 5.92 Å². The lowest BCUT2D eigenvalue weighted by Gasteiger charge is -2.36. The Balaban J connectivity index is 1.95. The Bertz CT molecular complexity index is 447. The van der Waals surface area contributed by atoms with Crippen molar-refractivity contribution in [1.82, 2.24) is 9.97 Å². The van der Waals surface area contributed by atoms with Crippen LogP contribution < -0.4 is 10.6 Å². The fraction of sp³-hybridized carbons (Fsp3) is 0.714. The van der Waals surface area contributed by atoms with Gasteiger partial charge in [-0.1, -0.05) is 24.9 Å². The number of rotatable bonds is 5. The van der Waals surface area contributed by atoms with E-state index < -0.39 is 5.60 Å². The van der Waals surface area contributed by atoms with Crippen LogP contribution in [0.25, 0.3) is 0 Å². The van der Waals surface area contributed by atoms with Crippen molar-refractivity contribution in [1.29, 1.82) is 0 Å². The van der Waals surface area contributed by atoms with E-state index in [0.717, 1.165) is 31.6 Å². The number of anilines is 2. The van der Waals surface area contributed by atoms with Gasteiger partial charge in [0, 0.05) is 13.6 Å². The number of hydrogen-bond acceptors (Lipinski definition) is 5. The molecule has 1 aliphatic rings. The standard InChI is InChI=1S/C14H23ClN4O/c1-3-10-4-6-14(20,7-5-10)9-18-12-11(15)8-17-13(16-2)19-12/h8,10,20H,3-7,9H2,1-2H3,(H2,16,17,18,19). The molecule has 1 fully saturated rings. The molecule has 1 aromatic rings. The number of nitrogens with one attached hydrogen (secondary N) is 2. The third-order valence-corrected chi connectivity index (χ3v) is 4.44. The van der Waals surface area contributed by atoms with Gasteiger partial charge in [0.1, 0.15) is 5.02 Å². The highest BCUT2D eigenvalue weighted by Gasteiger charge is 2.32. The van der Waals surface area contributed by atoms with Gasteiger partial charge in [-0.25, -0.2) is 4.98 Å². The fourth-order valence-corrected chi connectivity index (χ4v) is 2.82. The number of nitrogens with zero attached hydrogens (tertiary/aromatic N) is 2. The fourth-order valence-electron chi connectivity index (χ4n) is 2.66. The summed E-state index contributed by atoms with van der Waals surface area (Å²) in [6, 6.07) is 0. The van der Waals surface area contributed by atoms with Crippen LogP contribution in [0.3, 0.4) is 0 Å². The van der Waals surface area contributed by atoms with E-state index in [-0.39, 0.29) is 0 Å². The molecular weight excluding hydrogens is 276 g/mol. The minimum Gasteiger partial charge on any atom is -0.388 e. The van der Waals surface area contributed by atoms with Crippen molar-refractivity contribution < 1.29 is 5.11 Å². The zero-order valence-corrected chi connectivity index (χ0v) is 12.9. The largest absolute Gasteiger partial charge is 0.388 e. The average Bonchev–Trinajstić information content (AvgIpc) is 2.47. The van der Waals surface area contributed by atoms with Gasteiger partial charge in [0.2, 0.25) is 5.95 Å². The summed E-state index contributed by atoms with van der Waals surface area (Å²) in [6.45, 7) is 2.69. The van der Waals surface area contributed by atoms with E-state index in [4.69, 9.17) is 11.6 Å². The molecule has 2 rings (SSSR count). The number of aromatic nitrogens is 2. The maximum Gasteiger partial charge on any atom is 0.224 e. The Kier molecular flexibility index (Phi) is 5.05. The van der Waals surface area contributed by atoms with Crippen LogP contribution in [-0.4, -0.2) is 34.3 Å². The lowest BCUT2D eigenvalue weighted by atomic mass is 9.78. The molecule has 20 heavy (non-hydrogen) atoms. The van der Waals surface area contributed by atoms with Gasteiger partial charge in [-0.05, 0) is 31.6 Å². The first-order chi connectivity index (χ1) is 9.56. The van der Waals surface area contributed by atoms with Gasteiger partial charge in [0.15, 0.2) is 5.82 Å². The van der Waals surface area contributed by atoms with E-state index in [0.29, 0.717) is 23.3 Å². The highest BCUT2D eigenvalue weighted by atomic mass is 35.5. The Labute approximate surface area is 125 Å². The Morgan fingerprint density at radius 1 is 1.45 bits per heavy atom. The van der Waals surface area contributed by atoms with Gasteiger partial charge < -0.3 is 15.7 Å². The number of hydrogen-bond donors (Lipinski definition) is 3. The zero-order chi connectivity index (χ0) is 14.6. The maximum atomic E-state index is 10.6. The predicted molar refractivity (Wildman–Crippen MR) is 82.3 cm³/mol. The van der Waals surface area contributed by atoms with Crippen molar-refractivity contribution in [3.63, 3.8) is 0 Å². The summed E-state index contributed by atoms with van der Waals surface area (Å²) < 4.78 is 0. The van der Waals surface area contributed by atoms with Crippen LogP contribution in [0, 0.1) is 5.92 Å². The highest BCUT2D eigenvalue weighted by molar-refractivity contribution is 6.32. The van der Waals surface area contributed by atoms with Crippen molar-refractivity contribution in [3.05, 3.63) is 11.2 Å². The molecule has 1 aliphatic carbocycles. The monoisotopic (exact) mass is 298 g/mol. The summed E-state index contributed by atoms with van der Waals surface area (Å²) in [4.78, 5) is 8.29. The Hall–Kier alpha value is -1.07. The summed E-state index contributed by atoms with van der Waals surface area (Å²) >= 11 is 6.06. The molecular formula is C14H23ClN4O. The maximum absolute atomic E-state index is 10.6.